The summed E-state index contributed by atoms with van der Waals surface area (Å²) in [6.07, 6.45) is 5.46. The number of benzene rings is 1. The van der Waals surface area contributed by atoms with Crippen LogP contribution in [0.1, 0.15) is 28.8 Å². The average molecular weight is 378 g/mol. The highest BCUT2D eigenvalue weighted by Crippen LogP contribution is 2.28. The molecule has 1 aromatic heterocycles. The minimum Gasteiger partial charge on any atom is -0.351 e. The van der Waals surface area contributed by atoms with Gasteiger partial charge in [0.25, 0.3) is 5.91 Å². The molecule has 0 unspecified atom stereocenters. The molecular weight excluding hydrogens is 352 g/mol. The van der Waals surface area contributed by atoms with Crippen molar-refractivity contribution in [2.75, 3.05) is 26.2 Å². The van der Waals surface area contributed by atoms with Crippen LogP contribution in [0.5, 0.6) is 0 Å². The predicted octanol–water partition coefficient (Wildman–Crippen LogP) is 1.93. The number of rotatable bonds is 5. The van der Waals surface area contributed by atoms with E-state index in [1.165, 1.54) is 0 Å². The van der Waals surface area contributed by atoms with Gasteiger partial charge in [-0.25, -0.2) is 0 Å². The molecule has 1 N–H and O–H groups in total. The van der Waals surface area contributed by atoms with Crippen LogP contribution < -0.4 is 5.32 Å². The monoisotopic (exact) mass is 378 g/mol. The molecule has 6 nitrogen and oxygen atoms in total. The van der Waals surface area contributed by atoms with E-state index in [2.05, 4.69) is 15.2 Å². The maximum Gasteiger partial charge on any atom is 0.255 e. The summed E-state index contributed by atoms with van der Waals surface area (Å²) in [6.45, 7) is 3.25. The Morgan fingerprint density at radius 2 is 1.89 bits per heavy atom. The summed E-state index contributed by atoms with van der Waals surface area (Å²) in [4.78, 5) is 33.6. The molecule has 0 aliphatic carbocycles. The van der Waals surface area contributed by atoms with Crippen LogP contribution in [0.15, 0.2) is 54.9 Å². The maximum atomic E-state index is 12.8. The van der Waals surface area contributed by atoms with Gasteiger partial charge in [-0.2, -0.15) is 0 Å². The number of hydrogen-bond donors (Lipinski definition) is 1. The summed E-state index contributed by atoms with van der Waals surface area (Å²) < 4.78 is 0. The van der Waals surface area contributed by atoms with Gasteiger partial charge in [0.2, 0.25) is 5.91 Å². The van der Waals surface area contributed by atoms with E-state index in [9.17, 15) is 9.59 Å². The van der Waals surface area contributed by atoms with Crippen molar-refractivity contribution in [3.8, 4) is 0 Å². The highest BCUT2D eigenvalue weighted by molar-refractivity contribution is 5.94. The van der Waals surface area contributed by atoms with E-state index in [1.807, 2.05) is 41.3 Å². The van der Waals surface area contributed by atoms with Crippen molar-refractivity contribution in [3.63, 3.8) is 0 Å². The lowest BCUT2D eigenvalue weighted by Crippen LogP contribution is -2.48. The number of carbonyl (C=O) groups is 2. The smallest absolute Gasteiger partial charge is 0.255 e. The van der Waals surface area contributed by atoms with Crippen molar-refractivity contribution in [1.29, 1.82) is 0 Å². The Labute approximate surface area is 165 Å². The van der Waals surface area contributed by atoms with Crippen molar-refractivity contribution in [1.82, 2.24) is 20.1 Å². The van der Waals surface area contributed by atoms with Gasteiger partial charge < -0.3 is 10.2 Å². The Morgan fingerprint density at radius 3 is 2.68 bits per heavy atom. The van der Waals surface area contributed by atoms with Crippen LogP contribution >= 0.6 is 0 Å². The van der Waals surface area contributed by atoms with Gasteiger partial charge in [0.05, 0.1) is 12.1 Å². The van der Waals surface area contributed by atoms with E-state index in [0.717, 1.165) is 31.5 Å². The molecule has 0 saturated carbocycles. The van der Waals surface area contributed by atoms with Crippen LogP contribution in [-0.4, -0.2) is 58.8 Å². The maximum absolute atomic E-state index is 12.8. The van der Waals surface area contributed by atoms with Gasteiger partial charge in [0, 0.05) is 44.6 Å². The second kappa shape index (κ2) is 8.52. The molecule has 146 valence electrons. The Hall–Kier alpha value is -2.73. The molecule has 3 fully saturated rings. The number of aromatic nitrogens is 1. The minimum absolute atomic E-state index is 0.0420. The van der Waals surface area contributed by atoms with Gasteiger partial charge in [0.1, 0.15) is 0 Å². The third kappa shape index (κ3) is 4.39. The first-order chi connectivity index (χ1) is 13.7. The van der Waals surface area contributed by atoms with Crippen LogP contribution in [-0.2, 0) is 11.3 Å². The molecule has 3 aliphatic heterocycles. The minimum atomic E-state index is 0.0420. The lowest BCUT2D eigenvalue weighted by atomic mass is 9.95. The molecule has 2 atom stereocenters. The highest BCUT2D eigenvalue weighted by atomic mass is 16.2. The van der Waals surface area contributed by atoms with Crippen molar-refractivity contribution >= 4 is 11.8 Å². The molecule has 2 aromatic rings. The molecule has 5 rings (SSSR count). The van der Waals surface area contributed by atoms with E-state index >= 15 is 0 Å². The van der Waals surface area contributed by atoms with Crippen LogP contribution in [0, 0.1) is 5.92 Å². The van der Waals surface area contributed by atoms with E-state index < -0.39 is 0 Å². The predicted molar refractivity (Wildman–Crippen MR) is 107 cm³/mol. The summed E-state index contributed by atoms with van der Waals surface area (Å²) >= 11 is 0. The largest absolute Gasteiger partial charge is 0.351 e. The zero-order valence-corrected chi connectivity index (χ0v) is 16.0. The molecule has 28 heavy (non-hydrogen) atoms. The molecule has 3 saturated heterocycles. The van der Waals surface area contributed by atoms with Gasteiger partial charge in [-0.1, -0.05) is 30.3 Å². The number of fused-ring (bicyclic) bond motifs is 4. The fourth-order valence-electron chi connectivity index (χ4n) is 4.25. The average Bonchev–Trinajstić information content (AvgIpc) is 3.05. The van der Waals surface area contributed by atoms with Crippen LogP contribution in [0.2, 0.25) is 0 Å². The topological polar surface area (TPSA) is 65.5 Å². The fourth-order valence-corrected chi connectivity index (χ4v) is 4.25. The van der Waals surface area contributed by atoms with Gasteiger partial charge in [-0.05, 0) is 36.5 Å². The standard InChI is InChI=1S/C22H26N4O2/c27-21(24-11-17-5-2-1-3-6-17)16-25-13-18-8-9-20(25)15-26(14-18)22(28)19-7-4-10-23-12-19/h1-7,10,12,18,20H,8-9,11,13-16H2,(H,24,27)/t18-,20-/m1/s1. The number of nitrogens with one attached hydrogen (secondary N) is 1. The van der Waals surface area contributed by atoms with E-state index in [1.54, 1.807) is 18.5 Å². The van der Waals surface area contributed by atoms with Gasteiger partial charge >= 0.3 is 0 Å². The number of amides is 2. The summed E-state index contributed by atoms with van der Waals surface area (Å²) in [6, 6.07) is 13.8. The second-order valence-electron chi connectivity index (χ2n) is 7.74. The molecule has 4 heterocycles. The van der Waals surface area contributed by atoms with E-state index in [4.69, 9.17) is 0 Å². The lowest BCUT2D eigenvalue weighted by Gasteiger charge is -2.35. The van der Waals surface area contributed by atoms with Gasteiger partial charge in [0.15, 0.2) is 0 Å². The molecule has 2 bridgehead atoms. The zero-order valence-electron chi connectivity index (χ0n) is 16.0. The fraction of sp³-hybridized carbons (Fsp3) is 0.409. The van der Waals surface area contributed by atoms with Crippen molar-refractivity contribution < 1.29 is 9.59 Å². The summed E-state index contributed by atoms with van der Waals surface area (Å²) in [5, 5.41) is 3.02. The van der Waals surface area contributed by atoms with Crippen LogP contribution in [0.25, 0.3) is 0 Å². The van der Waals surface area contributed by atoms with E-state index in [0.29, 0.717) is 31.1 Å². The molecule has 2 amide bonds. The first-order valence-electron chi connectivity index (χ1n) is 9.93. The second-order valence-corrected chi connectivity index (χ2v) is 7.74. The Bertz CT molecular complexity index is 812. The molecule has 6 heteroatoms. The number of hydrogen-bond acceptors (Lipinski definition) is 4. The zero-order chi connectivity index (χ0) is 19.3. The number of nitrogens with zero attached hydrogens (tertiary/aromatic N) is 3. The SMILES string of the molecule is O=C(CN1C[C@H]2CC[C@@H]1CN(C(=O)c1cccnc1)C2)NCc1ccccc1. The van der Waals surface area contributed by atoms with Gasteiger partial charge in [-0.15, -0.1) is 0 Å². The molecule has 1 aromatic carbocycles. The Balaban J connectivity index is 1.35. The third-order valence-electron chi connectivity index (χ3n) is 5.70. The molecule has 0 radical (unpaired) electrons. The third-order valence-corrected chi connectivity index (χ3v) is 5.70. The first-order valence-corrected chi connectivity index (χ1v) is 9.93. The Kier molecular flexibility index (Phi) is 5.67. The van der Waals surface area contributed by atoms with Crippen LogP contribution in [0.4, 0.5) is 0 Å². The highest BCUT2D eigenvalue weighted by Gasteiger charge is 2.37. The first kappa shape index (κ1) is 18.6. The summed E-state index contributed by atoms with van der Waals surface area (Å²) in [5.74, 6) is 0.503. The van der Waals surface area contributed by atoms with Crippen molar-refractivity contribution in [3.05, 3.63) is 66.0 Å². The normalized spacial score (nSPS) is 21.9. The summed E-state index contributed by atoms with van der Waals surface area (Å²) in [7, 11) is 0. The number of pyridine rings is 1. The number of carbonyl (C=O) groups excluding carboxylic acids is 2. The molecule has 0 spiro atoms. The lowest BCUT2D eigenvalue weighted by molar-refractivity contribution is -0.123. The van der Waals surface area contributed by atoms with Crippen molar-refractivity contribution in [2.45, 2.75) is 25.4 Å². The van der Waals surface area contributed by atoms with Gasteiger partial charge in [-0.3, -0.25) is 19.5 Å². The molecular formula is C22H26N4O2. The van der Waals surface area contributed by atoms with Crippen molar-refractivity contribution in [2.24, 2.45) is 5.92 Å². The summed E-state index contributed by atoms with van der Waals surface area (Å²) in [5.41, 5.74) is 1.73. The Morgan fingerprint density at radius 1 is 1.04 bits per heavy atom. The number of piperidine rings is 1. The van der Waals surface area contributed by atoms with Crippen LogP contribution in [0.3, 0.4) is 0 Å². The quantitative estimate of drug-likeness (QED) is 0.864. The van der Waals surface area contributed by atoms with E-state index in [-0.39, 0.29) is 17.9 Å². The molecule has 3 aliphatic rings.